The molecule has 2 heterocycles. The van der Waals surface area contributed by atoms with Crippen molar-refractivity contribution < 1.29 is 9.90 Å². The predicted molar refractivity (Wildman–Crippen MR) is 71.6 cm³/mol. The number of rotatable bonds is 3. The van der Waals surface area contributed by atoms with Gasteiger partial charge in [0, 0.05) is 0 Å². The van der Waals surface area contributed by atoms with Gasteiger partial charge in [0.25, 0.3) is 5.82 Å². The second-order valence-corrected chi connectivity index (χ2v) is 4.74. The number of hydrogen-bond donors (Lipinski definition) is 1. The SMILES string of the molecule is O=C(O)c1nc(-c2cccs2)n(-c2ccccc2)n1. The highest BCUT2D eigenvalue weighted by atomic mass is 32.1. The van der Waals surface area contributed by atoms with Crippen LogP contribution in [0.15, 0.2) is 47.8 Å². The Morgan fingerprint density at radius 2 is 1.95 bits per heavy atom. The number of carboxylic acid groups (broad SMARTS) is 1. The molecule has 0 unspecified atom stereocenters. The van der Waals surface area contributed by atoms with Gasteiger partial charge >= 0.3 is 5.97 Å². The molecule has 0 atom stereocenters. The molecule has 0 bridgehead atoms. The average molecular weight is 271 g/mol. The first-order valence-electron chi connectivity index (χ1n) is 5.55. The number of thiophene rings is 1. The van der Waals surface area contributed by atoms with Gasteiger partial charge in [0.2, 0.25) is 0 Å². The minimum atomic E-state index is -1.13. The van der Waals surface area contributed by atoms with Crippen molar-refractivity contribution in [1.29, 1.82) is 0 Å². The highest BCUT2D eigenvalue weighted by Gasteiger charge is 2.18. The molecule has 0 saturated heterocycles. The lowest BCUT2D eigenvalue weighted by Crippen LogP contribution is -2.02. The molecule has 3 aromatic rings. The number of aromatic carboxylic acids is 1. The Kier molecular flexibility index (Phi) is 2.85. The van der Waals surface area contributed by atoms with Gasteiger partial charge in [0.05, 0.1) is 10.6 Å². The quantitative estimate of drug-likeness (QED) is 0.795. The van der Waals surface area contributed by atoms with Gasteiger partial charge in [-0.05, 0) is 23.6 Å². The molecule has 2 aromatic heterocycles. The molecule has 1 N–H and O–H groups in total. The molecule has 94 valence electrons. The van der Waals surface area contributed by atoms with Crippen LogP contribution in [0.5, 0.6) is 0 Å². The van der Waals surface area contributed by atoms with Crippen molar-refractivity contribution in [1.82, 2.24) is 14.8 Å². The fraction of sp³-hybridized carbons (Fsp3) is 0. The Labute approximate surface area is 112 Å². The molecule has 19 heavy (non-hydrogen) atoms. The first kappa shape index (κ1) is 11.6. The van der Waals surface area contributed by atoms with Crippen LogP contribution in [0, 0.1) is 0 Å². The average Bonchev–Trinajstić information content (AvgIpc) is 3.08. The summed E-state index contributed by atoms with van der Waals surface area (Å²) in [5, 5.41) is 15.0. The van der Waals surface area contributed by atoms with Crippen LogP contribution in [0.3, 0.4) is 0 Å². The molecule has 0 aliphatic heterocycles. The summed E-state index contributed by atoms with van der Waals surface area (Å²) in [6, 6.07) is 13.1. The normalized spacial score (nSPS) is 10.5. The van der Waals surface area contributed by atoms with Crippen molar-refractivity contribution in [2.45, 2.75) is 0 Å². The summed E-state index contributed by atoms with van der Waals surface area (Å²) in [6.45, 7) is 0. The maximum absolute atomic E-state index is 11.0. The van der Waals surface area contributed by atoms with Crippen molar-refractivity contribution in [3.8, 4) is 16.4 Å². The van der Waals surface area contributed by atoms with E-state index < -0.39 is 5.97 Å². The number of aromatic nitrogens is 3. The fourth-order valence-electron chi connectivity index (χ4n) is 1.72. The Balaban J connectivity index is 2.20. The maximum Gasteiger partial charge on any atom is 0.375 e. The predicted octanol–water partition coefficient (Wildman–Crippen LogP) is 2.69. The molecule has 0 aliphatic rings. The van der Waals surface area contributed by atoms with Crippen molar-refractivity contribution in [3.63, 3.8) is 0 Å². The lowest BCUT2D eigenvalue weighted by molar-refractivity contribution is 0.0683. The smallest absolute Gasteiger partial charge is 0.375 e. The van der Waals surface area contributed by atoms with Gasteiger partial charge in [0.1, 0.15) is 0 Å². The lowest BCUT2D eigenvalue weighted by atomic mass is 10.3. The van der Waals surface area contributed by atoms with Crippen LogP contribution < -0.4 is 0 Å². The lowest BCUT2D eigenvalue weighted by Gasteiger charge is -2.03. The number of nitrogens with zero attached hydrogens (tertiary/aromatic N) is 3. The van der Waals surface area contributed by atoms with E-state index in [-0.39, 0.29) is 5.82 Å². The van der Waals surface area contributed by atoms with E-state index in [9.17, 15) is 4.79 Å². The Morgan fingerprint density at radius 1 is 1.16 bits per heavy atom. The minimum absolute atomic E-state index is 0.202. The second kappa shape index (κ2) is 4.66. The first-order valence-corrected chi connectivity index (χ1v) is 6.43. The van der Waals surface area contributed by atoms with Gasteiger partial charge in [-0.25, -0.2) is 9.48 Å². The topological polar surface area (TPSA) is 68.0 Å². The molecular formula is C13H9N3O2S. The van der Waals surface area contributed by atoms with E-state index in [1.165, 1.54) is 11.3 Å². The molecule has 0 amide bonds. The minimum Gasteiger partial charge on any atom is -0.475 e. The van der Waals surface area contributed by atoms with Crippen LogP contribution in [-0.4, -0.2) is 25.8 Å². The number of benzene rings is 1. The summed E-state index contributed by atoms with van der Waals surface area (Å²) >= 11 is 1.49. The van der Waals surface area contributed by atoms with Gasteiger partial charge in [-0.15, -0.1) is 16.4 Å². The highest BCUT2D eigenvalue weighted by Crippen LogP contribution is 2.25. The van der Waals surface area contributed by atoms with Crippen LogP contribution in [0.25, 0.3) is 16.4 Å². The molecular weight excluding hydrogens is 262 g/mol. The van der Waals surface area contributed by atoms with Crippen molar-refractivity contribution >= 4 is 17.3 Å². The van der Waals surface area contributed by atoms with Gasteiger partial charge < -0.3 is 5.11 Å². The molecule has 0 radical (unpaired) electrons. The summed E-state index contributed by atoms with van der Waals surface area (Å²) in [6.07, 6.45) is 0. The molecule has 3 rings (SSSR count). The molecule has 5 nitrogen and oxygen atoms in total. The zero-order valence-corrected chi connectivity index (χ0v) is 10.5. The van der Waals surface area contributed by atoms with E-state index in [2.05, 4.69) is 10.1 Å². The largest absolute Gasteiger partial charge is 0.475 e. The molecule has 6 heteroatoms. The third-order valence-electron chi connectivity index (χ3n) is 2.54. The molecule has 1 aromatic carbocycles. The number of carboxylic acids is 1. The fourth-order valence-corrected chi connectivity index (χ4v) is 2.42. The molecule has 0 aliphatic carbocycles. The Bertz CT molecular complexity index is 705. The van der Waals surface area contributed by atoms with E-state index in [0.29, 0.717) is 5.82 Å². The molecule has 0 fully saturated rings. The van der Waals surface area contributed by atoms with E-state index in [0.717, 1.165) is 10.6 Å². The van der Waals surface area contributed by atoms with E-state index in [1.807, 2.05) is 47.8 Å². The van der Waals surface area contributed by atoms with Gasteiger partial charge in [-0.2, -0.15) is 4.98 Å². The van der Waals surface area contributed by atoms with Crippen LogP contribution >= 0.6 is 11.3 Å². The Hall–Kier alpha value is -2.47. The zero-order valence-electron chi connectivity index (χ0n) is 9.72. The third kappa shape index (κ3) is 2.13. The van der Waals surface area contributed by atoms with E-state index in [1.54, 1.807) is 4.68 Å². The van der Waals surface area contributed by atoms with Crippen molar-refractivity contribution in [3.05, 3.63) is 53.7 Å². The van der Waals surface area contributed by atoms with E-state index in [4.69, 9.17) is 5.11 Å². The van der Waals surface area contributed by atoms with E-state index >= 15 is 0 Å². The monoisotopic (exact) mass is 271 g/mol. The van der Waals surface area contributed by atoms with Crippen LogP contribution in [-0.2, 0) is 0 Å². The third-order valence-corrected chi connectivity index (χ3v) is 3.41. The maximum atomic E-state index is 11.0. The summed E-state index contributed by atoms with van der Waals surface area (Å²) in [4.78, 5) is 16.0. The van der Waals surface area contributed by atoms with Crippen molar-refractivity contribution in [2.24, 2.45) is 0 Å². The highest BCUT2D eigenvalue weighted by molar-refractivity contribution is 7.13. The van der Waals surface area contributed by atoms with Gasteiger partial charge in [0.15, 0.2) is 5.82 Å². The first-order chi connectivity index (χ1) is 9.25. The van der Waals surface area contributed by atoms with Crippen LogP contribution in [0.1, 0.15) is 10.6 Å². The van der Waals surface area contributed by atoms with Crippen molar-refractivity contribution in [2.75, 3.05) is 0 Å². The molecule has 0 saturated carbocycles. The van der Waals surface area contributed by atoms with Gasteiger partial charge in [-0.1, -0.05) is 24.3 Å². The second-order valence-electron chi connectivity index (χ2n) is 3.79. The standard InChI is InChI=1S/C13H9N3O2S/c17-13(18)11-14-12(10-7-4-8-19-10)16(15-11)9-5-2-1-3-6-9/h1-8H,(H,17,18). The zero-order chi connectivity index (χ0) is 13.2. The van der Waals surface area contributed by atoms with Crippen LogP contribution in [0.4, 0.5) is 0 Å². The summed E-state index contributed by atoms with van der Waals surface area (Å²) in [5.41, 5.74) is 0.783. The number of hydrogen-bond acceptors (Lipinski definition) is 4. The van der Waals surface area contributed by atoms with Gasteiger partial charge in [-0.3, -0.25) is 0 Å². The Morgan fingerprint density at radius 3 is 2.58 bits per heavy atom. The number of para-hydroxylation sites is 1. The summed E-state index contributed by atoms with van der Waals surface area (Å²) in [7, 11) is 0. The number of carbonyl (C=O) groups is 1. The molecule has 0 spiro atoms. The summed E-state index contributed by atoms with van der Waals surface area (Å²) in [5.74, 6) is -0.793. The summed E-state index contributed by atoms with van der Waals surface area (Å²) < 4.78 is 1.55. The van der Waals surface area contributed by atoms with Crippen LogP contribution in [0.2, 0.25) is 0 Å².